The number of nitro benzene ring substituents is 1. The van der Waals surface area contributed by atoms with E-state index in [2.05, 4.69) is 9.97 Å². The molecule has 0 aliphatic carbocycles. The molecule has 0 spiro atoms. The van der Waals surface area contributed by atoms with Gasteiger partial charge in [0.15, 0.2) is 5.16 Å². The lowest BCUT2D eigenvalue weighted by Gasteiger charge is -2.04. The maximum absolute atomic E-state index is 10.9. The van der Waals surface area contributed by atoms with E-state index in [1.54, 1.807) is 25.1 Å². The molecule has 1 aromatic heterocycles. The van der Waals surface area contributed by atoms with Gasteiger partial charge in [0, 0.05) is 12.3 Å². The Kier molecular flexibility index (Phi) is 3.94. The Morgan fingerprint density at radius 3 is 2.70 bits per heavy atom. The van der Waals surface area contributed by atoms with Crippen molar-refractivity contribution in [1.29, 1.82) is 0 Å². The fourth-order valence-corrected chi connectivity index (χ4v) is 2.38. The molecule has 102 valence electrons. The van der Waals surface area contributed by atoms with E-state index >= 15 is 0 Å². The predicted molar refractivity (Wildman–Crippen MR) is 70.9 cm³/mol. The van der Waals surface area contributed by atoms with Crippen molar-refractivity contribution in [2.45, 2.75) is 17.0 Å². The number of para-hydroxylation sites is 1. The van der Waals surface area contributed by atoms with E-state index in [1.807, 2.05) is 0 Å². The van der Waals surface area contributed by atoms with Crippen molar-refractivity contribution >= 4 is 23.4 Å². The van der Waals surface area contributed by atoms with E-state index in [4.69, 9.17) is 5.11 Å². The van der Waals surface area contributed by atoms with Crippen LogP contribution in [0.15, 0.2) is 40.5 Å². The molecular weight excluding hydrogens is 282 g/mol. The van der Waals surface area contributed by atoms with Gasteiger partial charge in [0.1, 0.15) is 0 Å². The summed E-state index contributed by atoms with van der Waals surface area (Å²) in [6.45, 7) is 1.55. The minimum absolute atomic E-state index is 0.0110. The second-order valence-corrected chi connectivity index (χ2v) is 4.79. The van der Waals surface area contributed by atoms with Crippen LogP contribution in [0.1, 0.15) is 16.1 Å². The highest BCUT2D eigenvalue weighted by molar-refractivity contribution is 7.99. The summed E-state index contributed by atoms with van der Waals surface area (Å²) in [4.78, 5) is 29.6. The third-order valence-electron chi connectivity index (χ3n) is 2.45. The molecule has 0 saturated carbocycles. The monoisotopic (exact) mass is 291 g/mol. The zero-order chi connectivity index (χ0) is 14.7. The average Bonchev–Trinajstić information content (AvgIpc) is 2.38. The largest absolute Gasteiger partial charge is 0.478 e. The topological polar surface area (TPSA) is 106 Å². The summed E-state index contributed by atoms with van der Waals surface area (Å²) in [7, 11) is 0. The maximum Gasteiger partial charge on any atom is 0.339 e. The number of aryl methyl sites for hydroxylation is 1. The van der Waals surface area contributed by atoms with Gasteiger partial charge in [-0.2, -0.15) is 0 Å². The molecule has 0 unspecified atom stereocenters. The zero-order valence-corrected chi connectivity index (χ0v) is 11.1. The maximum atomic E-state index is 10.9. The van der Waals surface area contributed by atoms with Gasteiger partial charge in [-0.3, -0.25) is 10.1 Å². The Morgan fingerprint density at radius 1 is 1.40 bits per heavy atom. The van der Waals surface area contributed by atoms with Crippen molar-refractivity contribution in [1.82, 2.24) is 9.97 Å². The van der Waals surface area contributed by atoms with Crippen LogP contribution in [0.5, 0.6) is 0 Å². The SMILES string of the molecule is Cc1nc(Sc2ccccc2[N+](=O)[O-])ncc1C(=O)O. The smallest absolute Gasteiger partial charge is 0.339 e. The average molecular weight is 291 g/mol. The Balaban J connectivity index is 2.34. The molecule has 20 heavy (non-hydrogen) atoms. The molecule has 0 saturated heterocycles. The molecule has 0 amide bonds. The highest BCUT2D eigenvalue weighted by Crippen LogP contribution is 2.32. The molecule has 0 bridgehead atoms. The van der Waals surface area contributed by atoms with Crippen LogP contribution in [0, 0.1) is 17.0 Å². The Hall–Kier alpha value is -2.48. The van der Waals surface area contributed by atoms with Gasteiger partial charge >= 0.3 is 5.97 Å². The zero-order valence-electron chi connectivity index (χ0n) is 10.3. The highest BCUT2D eigenvalue weighted by Gasteiger charge is 2.16. The fraction of sp³-hybridized carbons (Fsp3) is 0.0833. The summed E-state index contributed by atoms with van der Waals surface area (Å²) in [6, 6.07) is 6.23. The van der Waals surface area contributed by atoms with Gasteiger partial charge < -0.3 is 5.11 Å². The van der Waals surface area contributed by atoms with Crippen LogP contribution in [0.25, 0.3) is 0 Å². The van der Waals surface area contributed by atoms with Crippen LogP contribution in [0.2, 0.25) is 0 Å². The van der Waals surface area contributed by atoms with Crippen molar-refractivity contribution in [3.8, 4) is 0 Å². The lowest BCUT2D eigenvalue weighted by molar-refractivity contribution is -0.387. The lowest BCUT2D eigenvalue weighted by Crippen LogP contribution is -2.04. The van der Waals surface area contributed by atoms with Gasteiger partial charge in [0.05, 0.1) is 21.1 Å². The number of hydrogen-bond acceptors (Lipinski definition) is 6. The van der Waals surface area contributed by atoms with Crippen molar-refractivity contribution in [2.75, 3.05) is 0 Å². The molecule has 2 rings (SSSR count). The molecule has 0 radical (unpaired) electrons. The molecule has 2 aromatic rings. The quantitative estimate of drug-likeness (QED) is 0.524. The molecule has 0 aliphatic heterocycles. The number of aromatic nitrogens is 2. The number of carboxylic acids is 1. The van der Waals surface area contributed by atoms with E-state index in [1.165, 1.54) is 12.3 Å². The molecule has 0 fully saturated rings. The van der Waals surface area contributed by atoms with Crippen LogP contribution < -0.4 is 0 Å². The highest BCUT2D eigenvalue weighted by atomic mass is 32.2. The number of benzene rings is 1. The van der Waals surface area contributed by atoms with Gasteiger partial charge in [-0.15, -0.1) is 0 Å². The summed E-state index contributed by atoms with van der Waals surface area (Å²) < 4.78 is 0. The number of carbonyl (C=O) groups is 1. The van der Waals surface area contributed by atoms with Gasteiger partial charge in [-0.1, -0.05) is 12.1 Å². The third kappa shape index (κ3) is 2.91. The van der Waals surface area contributed by atoms with E-state index in [9.17, 15) is 14.9 Å². The minimum atomic E-state index is -1.11. The molecule has 1 N–H and O–H groups in total. The first kappa shape index (κ1) is 13.9. The Morgan fingerprint density at radius 2 is 2.10 bits per heavy atom. The first-order valence-corrected chi connectivity index (χ1v) is 6.29. The Labute approximate surface area is 117 Å². The van der Waals surface area contributed by atoms with Crippen LogP contribution in [0.3, 0.4) is 0 Å². The molecule has 0 atom stereocenters. The molecule has 0 aliphatic rings. The first-order chi connectivity index (χ1) is 9.49. The molecule has 1 heterocycles. The van der Waals surface area contributed by atoms with E-state index in [0.29, 0.717) is 10.6 Å². The first-order valence-electron chi connectivity index (χ1n) is 5.47. The number of nitrogens with zero attached hydrogens (tertiary/aromatic N) is 3. The number of nitro groups is 1. The van der Waals surface area contributed by atoms with E-state index in [-0.39, 0.29) is 16.4 Å². The van der Waals surface area contributed by atoms with Crippen LogP contribution in [0.4, 0.5) is 5.69 Å². The van der Waals surface area contributed by atoms with Crippen molar-refractivity contribution in [3.63, 3.8) is 0 Å². The van der Waals surface area contributed by atoms with Gasteiger partial charge in [0.2, 0.25) is 0 Å². The summed E-state index contributed by atoms with van der Waals surface area (Å²) >= 11 is 1.02. The van der Waals surface area contributed by atoms with Crippen LogP contribution in [-0.4, -0.2) is 26.0 Å². The number of hydrogen-bond donors (Lipinski definition) is 1. The van der Waals surface area contributed by atoms with Crippen molar-refractivity contribution in [3.05, 3.63) is 51.8 Å². The number of aromatic carboxylic acids is 1. The second kappa shape index (κ2) is 5.66. The molecule has 8 heteroatoms. The third-order valence-corrected chi connectivity index (χ3v) is 3.40. The standard InChI is InChI=1S/C12H9N3O4S/c1-7-8(11(16)17)6-13-12(14-7)20-10-5-3-2-4-9(10)15(18)19/h2-6H,1H3,(H,16,17). The van der Waals surface area contributed by atoms with E-state index < -0.39 is 10.9 Å². The number of carboxylic acid groups (broad SMARTS) is 1. The molecule has 7 nitrogen and oxygen atoms in total. The van der Waals surface area contributed by atoms with Crippen LogP contribution in [-0.2, 0) is 0 Å². The van der Waals surface area contributed by atoms with Crippen LogP contribution >= 0.6 is 11.8 Å². The lowest BCUT2D eigenvalue weighted by atomic mass is 10.2. The van der Waals surface area contributed by atoms with Crippen molar-refractivity contribution < 1.29 is 14.8 Å². The molecular formula is C12H9N3O4S. The fourth-order valence-electron chi connectivity index (χ4n) is 1.50. The van der Waals surface area contributed by atoms with Gasteiger partial charge in [-0.05, 0) is 24.8 Å². The summed E-state index contributed by atoms with van der Waals surface area (Å²) in [5, 5.41) is 20.0. The summed E-state index contributed by atoms with van der Waals surface area (Å²) in [5.74, 6) is -1.11. The second-order valence-electron chi connectivity index (χ2n) is 3.78. The van der Waals surface area contributed by atoms with E-state index in [0.717, 1.165) is 11.8 Å². The summed E-state index contributed by atoms with van der Waals surface area (Å²) in [6.07, 6.45) is 1.20. The molecule has 1 aromatic carbocycles. The predicted octanol–water partition coefficient (Wildman–Crippen LogP) is 2.54. The van der Waals surface area contributed by atoms with Gasteiger partial charge in [0.25, 0.3) is 5.69 Å². The van der Waals surface area contributed by atoms with Gasteiger partial charge in [-0.25, -0.2) is 14.8 Å². The normalized spacial score (nSPS) is 10.2. The number of rotatable bonds is 4. The summed E-state index contributed by atoms with van der Waals surface area (Å²) in [5.41, 5.74) is 0.284. The Bertz CT molecular complexity index is 690. The minimum Gasteiger partial charge on any atom is -0.478 e. The van der Waals surface area contributed by atoms with Crippen molar-refractivity contribution in [2.24, 2.45) is 0 Å².